The SMILES string of the molecule is C[C@@H]1CN(c2cnn3c2CN(C(=O)Nc2cc(F)c(F)c(F)c2)[C@H]2CCC[C@H]23)C(=O)O1. The molecule has 0 radical (unpaired) electrons. The molecular weight excluding hydrogens is 415 g/mol. The Morgan fingerprint density at radius 3 is 2.58 bits per heavy atom. The molecule has 31 heavy (non-hydrogen) atoms. The van der Waals surface area contributed by atoms with E-state index in [4.69, 9.17) is 4.74 Å². The summed E-state index contributed by atoms with van der Waals surface area (Å²) in [5, 5.41) is 6.95. The lowest BCUT2D eigenvalue weighted by atomic mass is 10.1. The lowest BCUT2D eigenvalue weighted by Gasteiger charge is -2.38. The monoisotopic (exact) mass is 435 g/mol. The summed E-state index contributed by atoms with van der Waals surface area (Å²) in [4.78, 5) is 28.3. The van der Waals surface area contributed by atoms with E-state index >= 15 is 0 Å². The minimum Gasteiger partial charge on any atom is -0.444 e. The van der Waals surface area contributed by atoms with Gasteiger partial charge in [-0.05, 0) is 26.2 Å². The van der Waals surface area contributed by atoms with Gasteiger partial charge in [0.15, 0.2) is 17.5 Å². The van der Waals surface area contributed by atoms with Crippen molar-refractivity contribution in [1.29, 1.82) is 0 Å². The third-order valence-corrected chi connectivity index (χ3v) is 6.10. The molecule has 11 heteroatoms. The van der Waals surface area contributed by atoms with Gasteiger partial charge in [-0.2, -0.15) is 5.10 Å². The van der Waals surface area contributed by atoms with Gasteiger partial charge in [0.25, 0.3) is 0 Å². The Balaban J connectivity index is 1.45. The molecule has 1 aliphatic carbocycles. The van der Waals surface area contributed by atoms with E-state index in [1.54, 1.807) is 18.0 Å². The van der Waals surface area contributed by atoms with Crippen molar-refractivity contribution < 1.29 is 27.5 Å². The van der Waals surface area contributed by atoms with Crippen molar-refractivity contribution in [2.75, 3.05) is 16.8 Å². The molecule has 1 saturated carbocycles. The number of anilines is 2. The molecule has 0 unspecified atom stereocenters. The molecule has 5 rings (SSSR count). The number of fused-ring (bicyclic) bond motifs is 3. The van der Waals surface area contributed by atoms with Crippen LogP contribution in [0.3, 0.4) is 0 Å². The lowest BCUT2D eigenvalue weighted by molar-refractivity contribution is 0.138. The van der Waals surface area contributed by atoms with Crippen LogP contribution in [0.5, 0.6) is 0 Å². The van der Waals surface area contributed by atoms with Gasteiger partial charge in [-0.1, -0.05) is 0 Å². The third-order valence-electron chi connectivity index (χ3n) is 6.10. The topological polar surface area (TPSA) is 79.7 Å². The van der Waals surface area contributed by atoms with E-state index in [-0.39, 0.29) is 30.4 Å². The third kappa shape index (κ3) is 3.19. The Labute approximate surface area is 175 Å². The molecule has 0 bridgehead atoms. The van der Waals surface area contributed by atoms with Gasteiger partial charge >= 0.3 is 12.1 Å². The van der Waals surface area contributed by atoms with Crippen LogP contribution in [0, 0.1) is 17.5 Å². The molecular formula is C20H20F3N5O3. The zero-order chi connectivity index (χ0) is 21.9. The number of carbonyl (C=O) groups is 2. The van der Waals surface area contributed by atoms with E-state index < -0.39 is 29.6 Å². The molecule has 1 saturated heterocycles. The molecule has 3 atom stereocenters. The molecule has 0 spiro atoms. The number of halogens is 3. The number of aromatic nitrogens is 2. The Morgan fingerprint density at radius 1 is 1.19 bits per heavy atom. The van der Waals surface area contributed by atoms with Crippen LogP contribution in [0.2, 0.25) is 0 Å². The largest absolute Gasteiger partial charge is 0.444 e. The number of ether oxygens (including phenoxy) is 1. The number of cyclic esters (lactones) is 1. The number of urea groups is 1. The van der Waals surface area contributed by atoms with Crippen molar-refractivity contribution in [2.24, 2.45) is 0 Å². The van der Waals surface area contributed by atoms with Crippen molar-refractivity contribution in [2.45, 2.75) is 50.9 Å². The average molecular weight is 435 g/mol. The predicted molar refractivity (Wildman–Crippen MR) is 103 cm³/mol. The molecule has 1 aromatic heterocycles. The first-order valence-corrected chi connectivity index (χ1v) is 10.1. The number of hydrogen-bond donors (Lipinski definition) is 1. The normalized spacial score (nSPS) is 24.8. The average Bonchev–Trinajstić information content (AvgIpc) is 3.42. The van der Waals surface area contributed by atoms with Crippen LogP contribution in [0.15, 0.2) is 18.3 Å². The van der Waals surface area contributed by atoms with Crippen molar-refractivity contribution in [3.8, 4) is 0 Å². The highest BCUT2D eigenvalue weighted by atomic mass is 19.2. The Hall–Kier alpha value is -3.24. The van der Waals surface area contributed by atoms with Gasteiger partial charge in [0.1, 0.15) is 6.10 Å². The van der Waals surface area contributed by atoms with Crippen molar-refractivity contribution in [3.63, 3.8) is 0 Å². The maximum Gasteiger partial charge on any atom is 0.414 e. The predicted octanol–water partition coefficient (Wildman–Crippen LogP) is 3.79. The molecule has 2 aromatic rings. The molecule has 1 aromatic carbocycles. The fraction of sp³-hybridized carbons (Fsp3) is 0.450. The second-order valence-corrected chi connectivity index (χ2v) is 8.10. The molecule has 2 aliphatic heterocycles. The maximum atomic E-state index is 13.6. The van der Waals surface area contributed by atoms with E-state index in [1.807, 2.05) is 4.68 Å². The molecule has 1 N–H and O–H groups in total. The van der Waals surface area contributed by atoms with Gasteiger partial charge in [0, 0.05) is 17.8 Å². The van der Waals surface area contributed by atoms with Crippen LogP contribution in [0.1, 0.15) is 37.9 Å². The van der Waals surface area contributed by atoms with E-state index in [1.165, 1.54) is 4.90 Å². The molecule has 3 amide bonds. The first kappa shape index (κ1) is 19.7. The van der Waals surface area contributed by atoms with Gasteiger partial charge in [0.05, 0.1) is 42.8 Å². The van der Waals surface area contributed by atoms with Gasteiger partial charge in [-0.25, -0.2) is 22.8 Å². The fourth-order valence-electron chi connectivity index (χ4n) is 4.74. The Morgan fingerprint density at radius 2 is 1.90 bits per heavy atom. The number of benzene rings is 1. The fourth-order valence-corrected chi connectivity index (χ4v) is 4.74. The number of nitrogens with zero attached hydrogens (tertiary/aromatic N) is 4. The first-order chi connectivity index (χ1) is 14.8. The van der Waals surface area contributed by atoms with E-state index in [2.05, 4.69) is 10.4 Å². The number of hydrogen-bond acceptors (Lipinski definition) is 4. The van der Waals surface area contributed by atoms with E-state index in [0.717, 1.165) is 31.4 Å². The standard InChI is InChI=1S/C20H20F3N5O3/c1-10-8-27(20(30)31-10)16-7-24-28-15-4-2-3-14(15)26(9-17(16)28)19(29)25-11-5-12(21)18(23)13(22)6-11/h5-7,10,14-15H,2-4,8-9H2,1H3,(H,25,29)/t10-,14+,15-/m1/s1. The maximum absolute atomic E-state index is 13.6. The summed E-state index contributed by atoms with van der Waals surface area (Å²) in [5.41, 5.74) is 1.10. The summed E-state index contributed by atoms with van der Waals surface area (Å²) in [5.74, 6) is -4.35. The highest BCUT2D eigenvalue weighted by Gasteiger charge is 2.44. The van der Waals surface area contributed by atoms with Crippen molar-refractivity contribution in [3.05, 3.63) is 41.5 Å². The van der Waals surface area contributed by atoms with E-state index in [9.17, 15) is 22.8 Å². The van der Waals surface area contributed by atoms with Crippen molar-refractivity contribution >= 4 is 23.5 Å². The Bertz CT molecular complexity index is 1050. The van der Waals surface area contributed by atoms with Crippen LogP contribution in [0.4, 0.5) is 34.1 Å². The number of amides is 3. The second kappa shape index (κ2) is 7.17. The van der Waals surface area contributed by atoms with Crippen LogP contribution in [0.25, 0.3) is 0 Å². The zero-order valence-electron chi connectivity index (χ0n) is 16.6. The van der Waals surface area contributed by atoms with E-state index in [0.29, 0.717) is 17.9 Å². The number of carbonyl (C=O) groups excluding carboxylic acids is 2. The van der Waals surface area contributed by atoms with Gasteiger partial charge < -0.3 is 15.0 Å². The van der Waals surface area contributed by atoms with Gasteiger partial charge in [-0.3, -0.25) is 9.58 Å². The van der Waals surface area contributed by atoms with Crippen LogP contribution < -0.4 is 10.2 Å². The first-order valence-electron chi connectivity index (χ1n) is 10.1. The van der Waals surface area contributed by atoms with Gasteiger partial charge in [0.2, 0.25) is 0 Å². The minimum absolute atomic E-state index is 0.0685. The van der Waals surface area contributed by atoms with Crippen molar-refractivity contribution in [1.82, 2.24) is 14.7 Å². The van der Waals surface area contributed by atoms with Crippen LogP contribution >= 0.6 is 0 Å². The summed E-state index contributed by atoms with van der Waals surface area (Å²) >= 11 is 0. The summed E-state index contributed by atoms with van der Waals surface area (Å²) in [6.45, 7) is 2.33. The molecule has 2 fully saturated rings. The Kier molecular flexibility index (Phi) is 4.56. The quantitative estimate of drug-likeness (QED) is 0.728. The van der Waals surface area contributed by atoms with Gasteiger partial charge in [-0.15, -0.1) is 0 Å². The number of nitrogens with one attached hydrogen (secondary N) is 1. The summed E-state index contributed by atoms with van der Waals surface area (Å²) in [6.07, 6.45) is 3.33. The highest BCUT2D eigenvalue weighted by molar-refractivity contribution is 5.91. The van der Waals surface area contributed by atoms with Crippen LogP contribution in [-0.4, -0.2) is 45.5 Å². The summed E-state index contributed by atoms with van der Waals surface area (Å²) < 4.78 is 47.4. The second-order valence-electron chi connectivity index (χ2n) is 8.10. The molecule has 3 heterocycles. The molecule has 164 valence electrons. The minimum atomic E-state index is -1.59. The van der Waals surface area contributed by atoms with Crippen LogP contribution in [-0.2, 0) is 11.3 Å². The zero-order valence-corrected chi connectivity index (χ0v) is 16.6. The lowest BCUT2D eigenvalue weighted by Crippen LogP contribution is -2.49. The highest BCUT2D eigenvalue weighted by Crippen LogP contribution is 2.42. The molecule has 8 nitrogen and oxygen atoms in total. The molecule has 3 aliphatic rings. The number of rotatable bonds is 2. The summed E-state index contributed by atoms with van der Waals surface area (Å²) in [6, 6.07) is 0.701. The smallest absolute Gasteiger partial charge is 0.414 e. The summed E-state index contributed by atoms with van der Waals surface area (Å²) in [7, 11) is 0.